The zero-order chi connectivity index (χ0) is 23.8. The number of hydrogen-bond donors (Lipinski definition) is 0. The van der Waals surface area contributed by atoms with Crippen LogP contribution in [0.1, 0.15) is 21.7 Å². The van der Waals surface area contributed by atoms with E-state index in [0.29, 0.717) is 17.2 Å². The van der Waals surface area contributed by atoms with Crippen molar-refractivity contribution in [2.24, 2.45) is 7.05 Å². The Hall–Kier alpha value is -4.33. The van der Waals surface area contributed by atoms with Gasteiger partial charge in [-0.05, 0) is 48.9 Å². The Kier molecular flexibility index (Phi) is 4.06. The van der Waals surface area contributed by atoms with Crippen molar-refractivity contribution < 1.29 is 28.3 Å². The smallest absolute Gasteiger partial charge is 0.362 e. The average molecular weight is 468 g/mol. The number of esters is 1. The van der Waals surface area contributed by atoms with Crippen molar-refractivity contribution in [3.8, 4) is 23.0 Å². The van der Waals surface area contributed by atoms with Gasteiger partial charge in [-0.15, -0.1) is 0 Å². The molecular weight excluding hydrogens is 446 g/mol. The van der Waals surface area contributed by atoms with Crippen LogP contribution in [0.4, 0.5) is 0 Å². The van der Waals surface area contributed by atoms with E-state index in [1.807, 2.05) is 19.1 Å². The lowest BCUT2D eigenvalue weighted by molar-refractivity contribution is -0.670. The summed E-state index contributed by atoms with van der Waals surface area (Å²) in [5, 5.41) is 9.37. The van der Waals surface area contributed by atoms with Gasteiger partial charge >= 0.3 is 5.97 Å². The van der Waals surface area contributed by atoms with Crippen molar-refractivity contribution in [1.82, 2.24) is 9.78 Å². The molecule has 4 heterocycles. The van der Waals surface area contributed by atoms with Crippen LogP contribution in [0.2, 0.25) is 0 Å². The number of ether oxygens (including phenoxy) is 4. The number of carbonyl (C=O) groups is 1. The number of fused-ring (bicyclic) bond motifs is 4. The third-order valence-electron chi connectivity index (χ3n) is 6.96. The maximum absolute atomic E-state index is 13.1. The van der Waals surface area contributed by atoms with Crippen LogP contribution >= 0.6 is 0 Å². The molecule has 174 valence electrons. The monoisotopic (exact) mass is 468 g/mol. The number of pyridine rings is 1. The molecule has 3 aromatic carbocycles. The predicted octanol–water partition coefficient (Wildman–Crippen LogP) is 3.99. The first kappa shape index (κ1) is 20.1. The molecule has 0 N–H and O–H groups in total. The predicted molar refractivity (Wildman–Crippen MR) is 128 cm³/mol. The molecule has 0 spiro atoms. The molecule has 0 radical (unpaired) electrons. The van der Waals surface area contributed by atoms with Gasteiger partial charge in [0.1, 0.15) is 5.69 Å². The van der Waals surface area contributed by atoms with E-state index in [4.69, 9.17) is 18.9 Å². The molecule has 0 aliphatic carbocycles. The van der Waals surface area contributed by atoms with Crippen LogP contribution in [-0.2, 0) is 20.0 Å². The zero-order valence-electron chi connectivity index (χ0n) is 19.5. The van der Waals surface area contributed by atoms with Crippen LogP contribution in [0.5, 0.6) is 23.0 Å². The van der Waals surface area contributed by atoms with Gasteiger partial charge < -0.3 is 18.9 Å². The minimum Gasteiger partial charge on any atom is -0.493 e. The number of hydrogen-bond acceptors (Lipinski definition) is 6. The minimum atomic E-state index is -0.480. The summed E-state index contributed by atoms with van der Waals surface area (Å²) in [4.78, 5) is 13.1. The Morgan fingerprint density at radius 3 is 2.71 bits per heavy atom. The van der Waals surface area contributed by atoms with Crippen LogP contribution in [0.15, 0.2) is 42.6 Å². The summed E-state index contributed by atoms with van der Waals surface area (Å²) in [5.41, 5.74) is 3.52. The van der Waals surface area contributed by atoms with Crippen molar-refractivity contribution >= 4 is 38.4 Å². The lowest BCUT2D eigenvalue weighted by Crippen LogP contribution is -2.38. The highest BCUT2D eigenvalue weighted by atomic mass is 16.7. The molecule has 8 nitrogen and oxygen atoms in total. The molecule has 0 bridgehead atoms. The fourth-order valence-corrected chi connectivity index (χ4v) is 5.45. The molecule has 35 heavy (non-hydrogen) atoms. The Labute approximate surface area is 200 Å². The molecule has 8 heteroatoms. The fraction of sp³-hybridized carbons (Fsp3) is 0.222. The van der Waals surface area contributed by atoms with Crippen LogP contribution < -0.4 is 23.5 Å². The molecular formula is C27H22N3O5+. The SMILES string of the molecule is COc1ccc2c(c[n+]3c4c2ccc2c5c(cc(c24)CC3)OCO5)c1OC(=O)c1cc(C)nn1C. The Balaban J connectivity index is 1.49. The van der Waals surface area contributed by atoms with Gasteiger partial charge in [0.15, 0.2) is 35.7 Å². The first-order chi connectivity index (χ1) is 17.0. The number of rotatable bonds is 3. The van der Waals surface area contributed by atoms with Crippen LogP contribution in [0, 0.1) is 6.92 Å². The highest BCUT2D eigenvalue weighted by Gasteiger charge is 2.30. The van der Waals surface area contributed by atoms with Gasteiger partial charge in [0.05, 0.1) is 29.0 Å². The summed E-state index contributed by atoms with van der Waals surface area (Å²) in [7, 11) is 3.30. The Morgan fingerprint density at radius 2 is 1.91 bits per heavy atom. The number of benzene rings is 3. The van der Waals surface area contributed by atoms with Gasteiger partial charge in [0.2, 0.25) is 12.3 Å². The molecule has 0 atom stereocenters. The topological polar surface area (TPSA) is 75.7 Å². The van der Waals surface area contributed by atoms with E-state index in [1.54, 1.807) is 20.2 Å². The van der Waals surface area contributed by atoms with E-state index in [9.17, 15) is 4.79 Å². The van der Waals surface area contributed by atoms with E-state index in [2.05, 4.69) is 34.1 Å². The second kappa shape index (κ2) is 7.09. The second-order valence-electron chi connectivity index (χ2n) is 8.97. The molecule has 2 aliphatic rings. The molecule has 0 saturated heterocycles. The summed E-state index contributed by atoms with van der Waals surface area (Å²) in [5.74, 6) is 2.03. The van der Waals surface area contributed by atoms with Gasteiger partial charge in [-0.1, -0.05) is 0 Å². The van der Waals surface area contributed by atoms with E-state index in [1.165, 1.54) is 15.6 Å². The molecule has 0 saturated carbocycles. The molecule has 0 fully saturated rings. The summed E-state index contributed by atoms with van der Waals surface area (Å²) in [6, 6.07) is 11.9. The lowest BCUT2D eigenvalue weighted by atomic mass is 9.93. The highest BCUT2D eigenvalue weighted by molar-refractivity contribution is 6.17. The number of nitrogens with zero attached hydrogens (tertiary/aromatic N) is 3. The van der Waals surface area contributed by atoms with Crippen molar-refractivity contribution in [3.05, 3.63) is 59.5 Å². The zero-order valence-corrected chi connectivity index (χ0v) is 19.5. The van der Waals surface area contributed by atoms with Gasteiger partial charge in [0.25, 0.3) is 0 Å². The number of aryl methyl sites for hydroxylation is 4. The fourth-order valence-electron chi connectivity index (χ4n) is 5.45. The minimum absolute atomic E-state index is 0.244. The van der Waals surface area contributed by atoms with Crippen molar-refractivity contribution in [3.63, 3.8) is 0 Å². The maximum atomic E-state index is 13.1. The van der Waals surface area contributed by atoms with Crippen LogP contribution in [0.25, 0.3) is 32.4 Å². The van der Waals surface area contributed by atoms with Crippen LogP contribution in [-0.4, -0.2) is 29.7 Å². The Morgan fingerprint density at radius 1 is 1.09 bits per heavy atom. The molecule has 7 rings (SSSR count). The van der Waals surface area contributed by atoms with E-state index >= 15 is 0 Å². The molecule has 2 aromatic heterocycles. The molecule has 5 aromatic rings. The van der Waals surface area contributed by atoms with E-state index in [0.717, 1.165) is 57.2 Å². The highest BCUT2D eigenvalue weighted by Crippen LogP contribution is 2.46. The first-order valence-electron chi connectivity index (χ1n) is 11.5. The number of methoxy groups -OCH3 is 1. The van der Waals surface area contributed by atoms with Crippen molar-refractivity contribution in [1.29, 1.82) is 0 Å². The average Bonchev–Trinajstić information content (AvgIpc) is 3.47. The number of carbonyl (C=O) groups excluding carboxylic acids is 1. The first-order valence-corrected chi connectivity index (χ1v) is 11.5. The standard InChI is InChI=1S/C27H22N3O5/c1-14-10-20(29(2)28-14)27(31)35-26-19-12-30-9-8-15-11-22-25(34-13-33-22)18-5-4-17(24(30)23(15)18)16(19)6-7-21(26)32-3/h4-7,10-12H,8-9,13H2,1-3H3/q+1. The lowest BCUT2D eigenvalue weighted by Gasteiger charge is -2.18. The summed E-state index contributed by atoms with van der Waals surface area (Å²) >= 11 is 0. The Bertz CT molecular complexity index is 1740. The number of aromatic nitrogens is 3. The maximum Gasteiger partial charge on any atom is 0.362 e. The quantitative estimate of drug-likeness (QED) is 0.173. The van der Waals surface area contributed by atoms with Crippen LogP contribution in [0.3, 0.4) is 0 Å². The van der Waals surface area contributed by atoms with E-state index < -0.39 is 5.97 Å². The summed E-state index contributed by atoms with van der Waals surface area (Å²) in [6.45, 7) is 2.88. The third-order valence-corrected chi connectivity index (χ3v) is 6.96. The van der Waals surface area contributed by atoms with Gasteiger partial charge in [-0.25, -0.2) is 4.79 Å². The van der Waals surface area contributed by atoms with Gasteiger partial charge in [0, 0.05) is 24.2 Å². The second-order valence-corrected chi connectivity index (χ2v) is 8.97. The summed E-state index contributed by atoms with van der Waals surface area (Å²) < 4.78 is 26.8. The third kappa shape index (κ3) is 2.76. The van der Waals surface area contributed by atoms with Gasteiger partial charge in [-0.3, -0.25) is 4.68 Å². The van der Waals surface area contributed by atoms with Crippen molar-refractivity contribution in [2.45, 2.75) is 19.9 Å². The van der Waals surface area contributed by atoms with Gasteiger partial charge in [-0.2, -0.15) is 9.67 Å². The molecule has 0 amide bonds. The summed E-state index contributed by atoms with van der Waals surface area (Å²) in [6.07, 6.45) is 2.92. The molecule has 2 aliphatic heterocycles. The van der Waals surface area contributed by atoms with Crippen molar-refractivity contribution in [2.75, 3.05) is 13.9 Å². The largest absolute Gasteiger partial charge is 0.493 e. The van der Waals surface area contributed by atoms with E-state index in [-0.39, 0.29) is 6.79 Å². The normalized spacial score (nSPS) is 13.8. The molecule has 0 unspecified atom stereocenters.